The smallest absolute Gasteiger partial charge is 0.311 e. The monoisotopic (exact) mass is 542 g/mol. The number of amides is 2. The zero-order valence-electron chi connectivity index (χ0n) is 21.6. The molecule has 10 heteroatoms. The minimum atomic E-state index is -3.50. The Bertz CT molecular complexity index is 1260. The molecule has 3 rings (SSSR count). The number of sulfone groups is 1. The Balaban J connectivity index is 1.62. The Hall–Kier alpha value is -3.53. The van der Waals surface area contributed by atoms with Gasteiger partial charge in [0, 0.05) is 23.4 Å². The van der Waals surface area contributed by atoms with Crippen molar-refractivity contribution in [3.63, 3.8) is 0 Å². The lowest BCUT2D eigenvalue weighted by Crippen LogP contribution is -2.51. The van der Waals surface area contributed by atoms with Crippen LogP contribution in [0.2, 0.25) is 0 Å². The summed E-state index contributed by atoms with van der Waals surface area (Å²) in [5, 5.41) is 5.61. The molecule has 9 nitrogen and oxygen atoms in total. The Kier molecular flexibility index (Phi) is 10.2. The van der Waals surface area contributed by atoms with Crippen LogP contribution < -0.4 is 10.6 Å². The number of benzene rings is 2. The fourth-order valence-corrected chi connectivity index (χ4v) is 5.10. The molecule has 2 aromatic carbocycles. The van der Waals surface area contributed by atoms with Gasteiger partial charge in [0.1, 0.15) is 6.04 Å². The van der Waals surface area contributed by atoms with Gasteiger partial charge in [0.2, 0.25) is 5.91 Å². The summed E-state index contributed by atoms with van der Waals surface area (Å²) in [5.41, 5.74) is 0.584. The summed E-state index contributed by atoms with van der Waals surface area (Å²) in [6.45, 7) is 1.59. The first kappa shape index (κ1) is 29.0. The van der Waals surface area contributed by atoms with E-state index in [0.717, 1.165) is 12.7 Å². The number of carbonyl (C=O) groups is 4. The fourth-order valence-electron chi connectivity index (χ4n) is 4.44. The Morgan fingerprint density at radius 3 is 2.39 bits per heavy atom. The summed E-state index contributed by atoms with van der Waals surface area (Å²) in [6, 6.07) is 12.9. The normalized spacial score (nSPS) is 17.8. The molecule has 2 N–H and O–H groups in total. The van der Waals surface area contributed by atoms with Crippen LogP contribution in [-0.4, -0.2) is 56.9 Å². The van der Waals surface area contributed by atoms with Crippen molar-refractivity contribution in [1.29, 1.82) is 0 Å². The van der Waals surface area contributed by atoms with E-state index in [2.05, 4.69) is 10.6 Å². The molecule has 2 amide bonds. The zero-order valence-corrected chi connectivity index (χ0v) is 22.5. The zero-order chi connectivity index (χ0) is 27.7. The van der Waals surface area contributed by atoms with E-state index in [1.165, 1.54) is 24.3 Å². The van der Waals surface area contributed by atoms with E-state index in [0.29, 0.717) is 37.7 Å². The molecule has 1 aliphatic rings. The number of carbonyl (C=O) groups excluding carboxylic acids is 4. The summed E-state index contributed by atoms with van der Waals surface area (Å²) in [6.07, 6.45) is 4.73. The summed E-state index contributed by atoms with van der Waals surface area (Å²) in [4.78, 5) is 51.1. The molecule has 0 spiro atoms. The lowest BCUT2D eigenvalue weighted by molar-refractivity contribution is -0.148. The minimum absolute atomic E-state index is 0.0118. The van der Waals surface area contributed by atoms with Gasteiger partial charge in [-0.15, -0.1) is 0 Å². The van der Waals surface area contributed by atoms with Crippen LogP contribution in [0.15, 0.2) is 59.5 Å². The maximum absolute atomic E-state index is 13.2. The van der Waals surface area contributed by atoms with E-state index in [1.54, 1.807) is 30.3 Å². The second-order valence-electron chi connectivity index (χ2n) is 9.52. The SMILES string of the molecule is CCCC[C@H](NC(=O)c1cccc(S(C)(=O)=O)c1)C(=O)N[C@H]1CCC[C@H]1C(=O)OCC(=O)c1ccccc1. The van der Waals surface area contributed by atoms with Gasteiger partial charge in [0.05, 0.1) is 10.8 Å². The van der Waals surface area contributed by atoms with Crippen molar-refractivity contribution in [2.75, 3.05) is 12.9 Å². The van der Waals surface area contributed by atoms with Crippen LogP contribution in [0.3, 0.4) is 0 Å². The first-order valence-electron chi connectivity index (χ1n) is 12.8. The van der Waals surface area contributed by atoms with Gasteiger partial charge in [-0.2, -0.15) is 0 Å². The summed E-state index contributed by atoms with van der Waals surface area (Å²) >= 11 is 0. The average Bonchev–Trinajstić information content (AvgIpc) is 3.37. The van der Waals surface area contributed by atoms with Gasteiger partial charge in [-0.25, -0.2) is 8.42 Å². The number of nitrogens with one attached hydrogen (secondary N) is 2. The average molecular weight is 543 g/mol. The van der Waals surface area contributed by atoms with Crippen LogP contribution >= 0.6 is 0 Å². The topological polar surface area (TPSA) is 136 Å². The molecular formula is C28H34N2O7S. The minimum Gasteiger partial charge on any atom is -0.457 e. The molecule has 0 radical (unpaired) electrons. The first-order chi connectivity index (χ1) is 18.1. The van der Waals surface area contributed by atoms with Crippen LogP contribution in [-0.2, 0) is 24.2 Å². The van der Waals surface area contributed by atoms with Crippen molar-refractivity contribution in [2.24, 2.45) is 5.92 Å². The first-order valence-corrected chi connectivity index (χ1v) is 14.7. The number of hydrogen-bond acceptors (Lipinski definition) is 7. The molecular weight excluding hydrogens is 508 g/mol. The predicted octanol–water partition coefficient (Wildman–Crippen LogP) is 3.09. The molecule has 38 heavy (non-hydrogen) atoms. The fraction of sp³-hybridized carbons (Fsp3) is 0.429. The van der Waals surface area contributed by atoms with Crippen molar-refractivity contribution < 1.29 is 32.3 Å². The summed E-state index contributed by atoms with van der Waals surface area (Å²) in [7, 11) is -3.50. The molecule has 1 aliphatic carbocycles. The largest absolute Gasteiger partial charge is 0.457 e. The third-order valence-corrected chi connectivity index (χ3v) is 7.69. The van der Waals surface area contributed by atoms with Gasteiger partial charge >= 0.3 is 5.97 Å². The van der Waals surface area contributed by atoms with Gasteiger partial charge in [0.15, 0.2) is 22.2 Å². The highest BCUT2D eigenvalue weighted by Gasteiger charge is 2.37. The number of esters is 1. The van der Waals surface area contributed by atoms with Gasteiger partial charge in [-0.3, -0.25) is 19.2 Å². The third kappa shape index (κ3) is 7.98. The van der Waals surface area contributed by atoms with E-state index in [-0.39, 0.29) is 22.8 Å². The number of Topliss-reactive ketones (excluding diaryl/α,β-unsaturated/α-hetero) is 1. The molecule has 0 bridgehead atoms. The van der Waals surface area contributed by atoms with E-state index in [9.17, 15) is 27.6 Å². The number of ether oxygens (including phenoxy) is 1. The number of hydrogen-bond donors (Lipinski definition) is 2. The summed E-state index contributed by atoms with van der Waals surface area (Å²) in [5.74, 6) is -2.41. The highest BCUT2D eigenvalue weighted by Crippen LogP contribution is 2.27. The highest BCUT2D eigenvalue weighted by atomic mass is 32.2. The van der Waals surface area contributed by atoms with Crippen molar-refractivity contribution in [2.45, 2.75) is 62.4 Å². The maximum atomic E-state index is 13.2. The molecule has 0 saturated heterocycles. The second-order valence-corrected chi connectivity index (χ2v) is 11.5. The number of rotatable bonds is 12. The Morgan fingerprint density at radius 1 is 1.00 bits per heavy atom. The highest BCUT2D eigenvalue weighted by molar-refractivity contribution is 7.90. The van der Waals surface area contributed by atoms with Crippen LogP contribution in [0, 0.1) is 5.92 Å². The molecule has 0 aliphatic heterocycles. The molecule has 0 heterocycles. The second kappa shape index (κ2) is 13.3. The lowest BCUT2D eigenvalue weighted by Gasteiger charge is -2.24. The van der Waals surface area contributed by atoms with E-state index >= 15 is 0 Å². The van der Waals surface area contributed by atoms with Crippen LogP contribution in [0.4, 0.5) is 0 Å². The van der Waals surface area contributed by atoms with Gasteiger partial charge in [-0.1, -0.05) is 62.6 Å². The molecule has 2 aromatic rings. The molecule has 3 atom stereocenters. The Labute approximate surface area is 223 Å². The summed E-state index contributed by atoms with van der Waals surface area (Å²) < 4.78 is 29.0. The van der Waals surface area contributed by atoms with Crippen LogP contribution in [0.1, 0.15) is 66.2 Å². The van der Waals surface area contributed by atoms with Gasteiger partial charge < -0.3 is 15.4 Å². The molecule has 0 unspecified atom stereocenters. The maximum Gasteiger partial charge on any atom is 0.311 e. The standard InChI is InChI=1S/C28H34N2O7S/c1-3-4-15-24(30-26(32)20-12-8-13-21(17-20)38(2,35)36)27(33)29-23-16-9-14-22(23)28(34)37-18-25(31)19-10-6-5-7-11-19/h5-8,10-13,17,22-24H,3-4,9,14-16,18H2,1-2H3,(H,29,33)(H,30,32)/t22-,23+,24+/m1/s1. The van der Waals surface area contributed by atoms with Crippen LogP contribution in [0.25, 0.3) is 0 Å². The number of ketones is 1. The third-order valence-electron chi connectivity index (χ3n) is 6.58. The molecule has 1 saturated carbocycles. The van der Waals surface area contributed by atoms with Crippen molar-refractivity contribution in [1.82, 2.24) is 10.6 Å². The molecule has 0 aromatic heterocycles. The molecule has 204 valence electrons. The Morgan fingerprint density at radius 2 is 1.71 bits per heavy atom. The van der Waals surface area contributed by atoms with E-state index in [1.807, 2.05) is 6.92 Å². The van der Waals surface area contributed by atoms with Gasteiger partial charge in [-0.05, 0) is 37.5 Å². The van der Waals surface area contributed by atoms with Gasteiger partial charge in [0.25, 0.3) is 5.91 Å². The van der Waals surface area contributed by atoms with Crippen molar-refractivity contribution in [3.8, 4) is 0 Å². The lowest BCUT2D eigenvalue weighted by atomic mass is 10.0. The van der Waals surface area contributed by atoms with E-state index in [4.69, 9.17) is 4.74 Å². The van der Waals surface area contributed by atoms with Crippen molar-refractivity contribution >= 4 is 33.4 Å². The molecule has 1 fully saturated rings. The number of unbranched alkanes of at least 4 members (excludes halogenated alkanes) is 1. The van der Waals surface area contributed by atoms with Crippen molar-refractivity contribution in [3.05, 3.63) is 65.7 Å². The predicted molar refractivity (Wildman–Crippen MR) is 141 cm³/mol. The van der Waals surface area contributed by atoms with E-state index < -0.39 is 45.6 Å². The van der Waals surface area contributed by atoms with Crippen LogP contribution in [0.5, 0.6) is 0 Å². The quantitative estimate of drug-likeness (QED) is 0.311.